The van der Waals surface area contributed by atoms with E-state index >= 15 is 0 Å². The lowest BCUT2D eigenvalue weighted by Crippen LogP contribution is -2.18. The lowest BCUT2D eigenvalue weighted by molar-refractivity contribution is -0.137. The molecule has 0 fully saturated rings. The van der Waals surface area contributed by atoms with E-state index in [9.17, 15) is 13.2 Å². The third-order valence-corrected chi connectivity index (χ3v) is 2.45. The Morgan fingerprint density at radius 1 is 1.44 bits per heavy atom. The molecule has 0 bridgehead atoms. The van der Waals surface area contributed by atoms with Crippen LogP contribution in [-0.2, 0) is 10.9 Å². The van der Waals surface area contributed by atoms with Crippen molar-refractivity contribution in [1.82, 2.24) is 0 Å². The molecule has 18 heavy (non-hydrogen) atoms. The maximum atomic E-state index is 12.7. The molecule has 0 aliphatic carbocycles. The summed E-state index contributed by atoms with van der Waals surface area (Å²) >= 11 is 4.64. The van der Waals surface area contributed by atoms with Crippen molar-refractivity contribution in [2.45, 2.75) is 6.18 Å². The van der Waals surface area contributed by atoms with E-state index in [1.165, 1.54) is 19.2 Å². The minimum atomic E-state index is -4.47. The van der Waals surface area contributed by atoms with Crippen molar-refractivity contribution in [1.29, 1.82) is 0 Å². The fraction of sp³-hybridized carbons (Fsp3) is 0.364. The van der Waals surface area contributed by atoms with E-state index in [4.69, 9.17) is 10.5 Å². The molecular formula is C11H13F3N2OS. The van der Waals surface area contributed by atoms with Gasteiger partial charge in [-0.2, -0.15) is 13.2 Å². The summed E-state index contributed by atoms with van der Waals surface area (Å²) in [4.78, 5) is -0.280. The molecule has 100 valence electrons. The SMILES string of the molecule is COCCNc1ccc(C(F)(F)F)c(C(N)=S)c1. The standard InChI is InChI=1S/C11H13F3N2OS/c1-17-5-4-16-7-2-3-9(11(12,13)14)8(6-7)10(15)18/h2-3,6,16H,4-5H2,1H3,(H2,15,18). The minimum Gasteiger partial charge on any atom is -0.389 e. The first-order valence-electron chi connectivity index (χ1n) is 5.10. The van der Waals surface area contributed by atoms with Gasteiger partial charge in [-0.3, -0.25) is 0 Å². The van der Waals surface area contributed by atoms with Crippen LogP contribution in [0, 0.1) is 0 Å². The molecule has 0 heterocycles. The number of nitrogens with two attached hydrogens (primary N) is 1. The van der Waals surface area contributed by atoms with Gasteiger partial charge < -0.3 is 15.8 Å². The Morgan fingerprint density at radius 2 is 2.11 bits per heavy atom. The zero-order valence-corrected chi connectivity index (χ0v) is 10.5. The van der Waals surface area contributed by atoms with Crippen LogP contribution in [0.1, 0.15) is 11.1 Å². The number of alkyl halides is 3. The van der Waals surface area contributed by atoms with Gasteiger partial charge >= 0.3 is 6.18 Å². The highest BCUT2D eigenvalue weighted by Gasteiger charge is 2.33. The molecule has 0 aliphatic rings. The van der Waals surface area contributed by atoms with E-state index in [-0.39, 0.29) is 10.6 Å². The van der Waals surface area contributed by atoms with Crippen molar-refractivity contribution in [2.75, 3.05) is 25.6 Å². The van der Waals surface area contributed by atoms with Crippen LogP contribution >= 0.6 is 12.2 Å². The van der Waals surface area contributed by atoms with Gasteiger partial charge in [0.25, 0.3) is 0 Å². The van der Waals surface area contributed by atoms with Crippen LogP contribution in [0.25, 0.3) is 0 Å². The second kappa shape index (κ2) is 6.01. The summed E-state index contributed by atoms with van der Waals surface area (Å²) < 4.78 is 42.9. The van der Waals surface area contributed by atoms with Crippen LogP contribution in [-0.4, -0.2) is 25.2 Å². The highest BCUT2D eigenvalue weighted by Crippen LogP contribution is 2.33. The van der Waals surface area contributed by atoms with Crippen molar-refractivity contribution in [2.24, 2.45) is 5.73 Å². The highest BCUT2D eigenvalue weighted by atomic mass is 32.1. The molecule has 1 aromatic rings. The molecule has 7 heteroatoms. The van der Waals surface area contributed by atoms with Gasteiger partial charge in [-0.05, 0) is 18.2 Å². The molecule has 0 amide bonds. The highest BCUT2D eigenvalue weighted by molar-refractivity contribution is 7.80. The number of benzene rings is 1. The van der Waals surface area contributed by atoms with Gasteiger partial charge in [0.1, 0.15) is 4.99 Å². The number of anilines is 1. The molecule has 3 nitrogen and oxygen atoms in total. The van der Waals surface area contributed by atoms with Crippen molar-refractivity contribution >= 4 is 22.9 Å². The largest absolute Gasteiger partial charge is 0.417 e. The van der Waals surface area contributed by atoms with Crippen molar-refractivity contribution in [3.63, 3.8) is 0 Å². The Morgan fingerprint density at radius 3 is 2.61 bits per heavy atom. The number of hydrogen-bond donors (Lipinski definition) is 2. The first kappa shape index (κ1) is 14.7. The van der Waals surface area contributed by atoms with Gasteiger partial charge in [-0.1, -0.05) is 12.2 Å². The van der Waals surface area contributed by atoms with Crippen LogP contribution in [0.4, 0.5) is 18.9 Å². The molecule has 1 rings (SSSR count). The molecule has 0 saturated heterocycles. The predicted molar refractivity (Wildman–Crippen MR) is 67.7 cm³/mol. The number of hydrogen-bond acceptors (Lipinski definition) is 3. The van der Waals surface area contributed by atoms with Crippen molar-refractivity contribution < 1.29 is 17.9 Å². The molecule has 0 aliphatic heterocycles. The second-order valence-corrected chi connectivity index (χ2v) is 3.98. The van der Waals surface area contributed by atoms with E-state index in [0.29, 0.717) is 18.8 Å². The topological polar surface area (TPSA) is 47.3 Å². The van der Waals surface area contributed by atoms with E-state index in [1.54, 1.807) is 0 Å². The zero-order chi connectivity index (χ0) is 13.8. The van der Waals surface area contributed by atoms with Crippen LogP contribution in [0.15, 0.2) is 18.2 Å². The quantitative estimate of drug-likeness (QED) is 0.641. The van der Waals surface area contributed by atoms with Crippen molar-refractivity contribution in [3.05, 3.63) is 29.3 Å². The monoisotopic (exact) mass is 278 g/mol. The molecule has 0 radical (unpaired) electrons. The molecule has 0 spiro atoms. The number of nitrogens with one attached hydrogen (secondary N) is 1. The van der Waals surface area contributed by atoms with Gasteiger partial charge in [0.05, 0.1) is 12.2 Å². The molecule has 1 aromatic carbocycles. The van der Waals surface area contributed by atoms with E-state index in [1.807, 2.05) is 0 Å². The smallest absolute Gasteiger partial charge is 0.389 e. The van der Waals surface area contributed by atoms with Gasteiger partial charge in [0.15, 0.2) is 0 Å². The summed E-state index contributed by atoms with van der Waals surface area (Å²) in [6.45, 7) is 0.933. The van der Waals surface area contributed by atoms with Gasteiger partial charge in [0, 0.05) is 24.9 Å². The lowest BCUT2D eigenvalue weighted by atomic mass is 10.1. The van der Waals surface area contributed by atoms with Gasteiger partial charge in [-0.25, -0.2) is 0 Å². The summed E-state index contributed by atoms with van der Waals surface area (Å²) in [5, 5.41) is 2.91. The van der Waals surface area contributed by atoms with E-state index in [2.05, 4.69) is 17.5 Å². The maximum absolute atomic E-state index is 12.7. The molecule has 0 atom stereocenters. The molecule has 0 aromatic heterocycles. The van der Waals surface area contributed by atoms with Crippen LogP contribution in [0.5, 0.6) is 0 Å². The Hall–Kier alpha value is -1.34. The zero-order valence-electron chi connectivity index (χ0n) is 9.67. The summed E-state index contributed by atoms with van der Waals surface area (Å²) in [6.07, 6.45) is -4.47. The summed E-state index contributed by atoms with van der Waals surface area (Å²) in [6, 6.07) is 3.59. The molecule has 0 saturated carbocycles. The number of ether oxygens (including phenoxy) is 1. The number of thiocarbonyl (C=S) groups is 1. The van der Waals surface area contributed by atoms with E-state index < -0.39 is 11.7 Å². The third kappa shape index (κ3) is 3.85. The molecular weight excluding hydrogens is 265 g/mol. The second-order valence-electron chi connectivity index (χ2n) is 3.54. The Kier molecular flexibility index (Phi) is 4.92. The van der Waals surface area contributed by atoms with E-state index in [0.717, 1.165) is 6.07 Å². The van der Waals surface area contributed by atoms with Crippen molar-refractivity contribution in [3.8, 4) is 0 Å². The predicted octanol–water partition coefficient (Wildman–Crippen LogP) is 2.40. The first-order valence-corrected chi connectivity index (χ1v) is 5.51. The minimum absolute atomic E-state index is 0.181. The number of methoxy groups -OCH3 is 1. The van der Waals surface area contributed by atoms with Gasteiger partial charge in [0.2, 0.25) is 0 Å². The fourth-order valence-electron chi connectivity index (χ4n) is 1.40. The number of halogens is 3. The van der Waals surface area contributed by atoms with Crippen LogP contribution in [0.2, 0.25) is 0 Å². The summed E-state index contributed by atoms with van der Waals surface area (Å²) in [5.74, 6) is 0. The van der Waals surface area contributed by atoms with Crippen LogP contribution in [0.3, 0.4) is 0 Å². The summed E-state index contributed by atoms with van der Waals surface area (Å²) in [7, 11) is 1.54. The maximum Gasteiger partial charge on any atom is 0.417 e. The first-order chi connectivity index (χ1) is 8.36. The lowest BCUT2D eigenvalue weighted by Gasteiger charge is -2.14. The molecule has 0 unspecified atom stereocenters. The Balaban J connectivity index is 3.01. The van der Waals surface area contributed by atoms with Gasteiger partial charge in [-0.15, -0.1) is 0 Å². The van der Waals surface area contributed by atoms with Crippen LogP contribution < -0.4 is 11.1 Å². The third-order valence-electron chi connectivity index (χ3n) is 2.23. The molecule has 3 N–H and O–H groups in total. The average Bonchev–Trinajstić information content (AvgIpc) is 2.27. The Labute approximate surface area is 108 Å². The average molecular weight is 278 g/mol. The number of rotatable bonds is 5. The Bertz CT molecular complexity index is 435. The fourth-order valence-corrected chi connectivity index (χ4v) is 1.57. The normalized spacial score (nSPS) is 11.3. The summed E-state index contributed by atoms with van der Waals surface area (Å²) in [5.41, 5.74) is 4.82.